The zero-order chi connectivity index (χ0) is 25.5. The highest BCUT2D eigenvalue weighted by Gasteiger charge is 2.43. The highest BCUT2D eigenvalue weighted by Crippen LogP contribution is 2.56. The van der Waals surface area contributed by atoms with Crippen molar-refractivity contribution in [1.82, 2.24) is 35.0 Å². The second kappa shape index (κ2) is 7.77. The van der Waals surface area contributed by atoms with Gasteiger partial charge in [-0.1, -0.05) is 12.1 Å². The lowest BCUT2D eigenvalue weighted by atomic mass is 9.98. The second-order valence-electron chi connectivity index (χ2n) is 10.1. The minimum absolute atomic E-state index is 0.0761. The maximum atomic E-state index is 13.3. The van der Waals surface area contributed by atoms with Gasteiger partial charge in [-0.2, -0.15) is 23.4 Å². The van der Waals surface area contributed by atoms with Crippen molar-refractivity contribution in [1.29, 1.82) is 0 Å². The smallest absolute Gasteiger partial charge is 0.337 e. The van der Waals surface area contributed by atoms with Crippen molar-refractivity contribution in [2.24, 2.45) is 0 Å². The summed E-state index contributed by atoms with van der Waals surface area (Å²) in [5, 5.41) is 14.6. The number of imide groups is 1. The topological polar surface area (TPSA) is 106 Å². The molecule has 7 rings (SSSR count). The van der Waals surface area contributed by atoms with Gasteiger partial charge in [-0.3, -0.25) is 14.8 Å². The number of benzene rings is 1. The van der Waals surface area contributed by atoms with Crippen LogP contribution in [0.25, 0.3) is 16.6 Å². The van der Waals surface area contributed by atoms with Gasteiger partial charge in [-0.15, -0.1) is 0 Å². The van der Waals surface area contributed by atoms with Crippen molar-refractivity contribution >= 4 is 28.5 Å². The van der Waals surface area contributed by atoms with Crippen molar-refractivity contribution in [3.63, 3.8) is 0 Å². The van der Waals surface area contributed by atoms with E-state index in [1.807, 2.05) is 24.3 Å². The van der Waals surface area contributed by atoms with Gasteiger partial charge in [0, 0.05) is 35.8 Å². The van der Waals surface area contributed by atoms with Crippen LogP contribution in [0.4, 0.5) is 18.0 Å². The van der Waals surface area contributed by atoms with Gasteiger partial charge in [0.05, 0.1) is 22.8 Å². The first-order valence-electron chi connectivity index (χ1n) is 12.2. The van der Waals surface area contributed by atoms with Crippen molar-refractivity contribution in [3.05, 3.63) is 59.2 Å². The Morgan fingerprint density at radius 1 is 1.08 bits per heavy atom. The molecule has 190 valence electrons. The van der Waals surface area contributed by atoms with E-state index in [0.717, 1.165) is 46.2 Å². The van der Waals surface area contributed by atoms with Crippen LogP contribution in [-0.2, 0) is 11.3 Å². The molecule has 2 N–H and O–H groups in total. The minimum Gasteiger partial charge on any atom is -0.337 e. The molecule has 3 atom stereocenters. The molecule has 0 radical (unpaired) electrons. The van der Waals surface area contributed by atoms with Crippen LogP contribution in [0, 0.1) is 0 Å². The number of aromatic nitrogens is 5. The molecule has 1 aliphatic heterocycles. The summed E-state index contributed by atoms with van der Waals surface area (Å²) in [7, 11) is 0. The molecular weight excluding hydrogens is 487 g/mol. The maximum Gasteiger partial charge on any atom is 0.408 e. The molecule has 2 aliphatic carbocycles. The number of urea groups is 1. The standard InChI is InChI=1S/C25H22F3N7O2/c26-25(27,28)11-35-20-7-13(3-4-14(20)21(33-35)12-1-2-12)15-8-16(15)17-9-19(32-34-6-5-29-22(17)34)18-10-30-24(37)31-23(18)36/h3-7,9,12,15-16,18H,1-2,8,10-11H2,(H2,30,31,36,37)/t15-,16+,18?/m1/s1. The summed E-state index contributed by atoms with van der Waals surface area (Å²) in [5.74, 6) is -0.633. The predicted molar refractivity (Wildman–Crippen MR) is 125 cm³/mol. The van der Waals surface area contributed by atoms with Crippen LogP contribution in [-0.4, -0.2) is 49.0 Å². The number of nitrogens with zero attached hydrogens (tertiary/aromatic N) is 5. The number of alkyl halides is 3. The van der Waals surface area contributed by atoms with E-state index in [0.29, 0.717) is 16.9 Å². The number of amides is 3. The van der Waals surface area contributed by atoms with Gasteiger partial charge in [0.1, 0.15) is 6.54 Å². The molecule has 3 aliphatic rings. The van der Waals surface area contributed by atoms with E-state index in [2.05, 4.69) is 25.8 Å². The van der Waals surface area contributed by atoms with E-state index in [9.17, 15) is 22.8 Å². The van der Waals surface area contributed by atoms with Crippen LogP contribution in [0.1, 0.15) is 65.4 Å². The third-order valence-electron chi connectivity index (χ3n) is 7.50. The molecule has 1 unspecified atom stereocenters. The largest absolute Gasteiger partial charge is 0.408 e. The molecule has 2 saturated carbocycles. The molecule has 9 nitrogen and oxygen atoms in total. The van der Waals surface area contributed by atoms with Gasteiger partial charge >= 0.3 is 12.2 Å². The Balaban J connectivity index is 1.24. The number of carbonyl (C=O) groups is 2. The third-order valence-corrected chi connectivity index (χ3v) is 7.50. The van der Waals surface area contributed by atoms with Crippen molar-refractivity contribution in [2.45, 2.75) is 55.7 Å². The summed E-state index contributed by atoms with van der Waals surface area (Å²) in [6.45, 7) is -0.967. The summed E-state index contributed by atoms with van der Waals surface area (Å²) < 4.78 is 42.6. The van der Waals surface area contributed by atoms with Gasteiger partial charge in [0.2, 0.25) is 5.91 Å². The average Bonchev–Trinajstić information content (AvgIpc) is 3.76. The third kappa shape index (κ3) is 3.91. The van der Waals surface area contributed by atoms with Gasteiger partial charge in [-0.05, 0) is 48.8 Å². The first kappa shape index (κ1) is 22.3. The number of carbonyl (C=O) groups excluding carboxylic acids is 2. The van der Waals surface area contributed by atoms with Gasteiger partial charge in [0.15, 0.2) is 5.65 Å². The molecule has 4 aromatic rings. The molecule has 1 saturated heterocycles. The van der Waals surface area contributed by atoms with Crippen molar-refractivity contribution in [3.8, 4) is 0 Å². The van der Waals surface area contributed by atoms with E-state index in [1.54, 1.807) is 16.9 Å². The highest BCUT2D eigenvalue weighted by molar-refractivity contribution is 6.00. The Bertz CT molecular complexity index is 1590. The monoisotopic (exact) mass is 509 g/mol. The molecular formula is C25H22F3N7O2. The molecule has 3 amide bonds. The number of fused-ring (bicyclic) bond motifs is 2. The summed E-state index contributed by atoms with van der Waals surface area (Å²) >= 11 is 0. The Morgan fingerprint density at radius 2 is 1.92 bits per heavy atom. The SMILES string of the molecule is O=C1NCC(c2cc([C@H]3C[C@@H]3c3ccc4c(C5CC5)nn(CC(F)(F)F)c4c3)c3nccn3n2)C(=O)N1. The number of hydrogen-bond acceptors (Lipinski definition) is 5. The van der Waals surface area contributed by atoms with Crippen LogP contribution in [0.2, 0.25) is 0 Å². The molecule has 0 bridgehead atoms. The van der Waals surface area contributed by atoms with Crippen molar-refractivity contribution < 1.29 is 22.8 Å². The number of imidazole rings is 1. The fraction of sp³-hybridized carbons (Fsp3) is 0.400. The van der Waals surface area contributed by atoms with Crippen LogP contribution in [0.15, 0.2) is 36.7 Å². The van der Waals surface area contributed by atoms with Gasteiger partial charge in [-0.25, -0.2) is 14.3 Å². The number of nitrogens with one attached hydrogen (secondary N) is 2. The van der Waals surface area contributed by atoms with Gasteiger partial charge < -0.3 is 5.32 Å². The predicted octanol–water partition coefficient (Wildman–Crippen LogP) is 3.71. The summed E-state index contributed by atoms with van der Waals surface area (Å²) in [5.41, 5.74) is 4.35. The summed E-state index contributed by atoms with van der Waals surface area (Å²) in [4.78, 5) is 28.4. The molecule has 3 fully saturated rings. The zero-order valence-corrected chi connectivity index (χ0v) is 19.5. The van der Waals surface area contributed by atoms with Crippen LogP contribution < -0.4 is 10.6 Å². The number of rotatable bonds is 5. The fourth-order valence-corrected chi connectivity index (χ4v) is 5.48. The molecule has 1 aromatic carbocycles. The molecule has 3 aromatic heterocycles. The lowest BCUT2D eigenvalue weighted by Gasteiger charge is -2.22. The zero-order valence-electron chi connectivity index (χ0n) is 19.5. The van der Waals surface area contributed by atoms with Crippen molar-refractivity contribution in [2.75, 3.05) is 6.54 Å². The lowest BCUT2D eigenvalue weighted by molar-refractivity contribution is -0.141. The van der Waals surface area contributed by atoms with Gasteiger partial charge in [0.25, 0.3) is 0 Å². The van der Waals surface area contributed by atoms with Crippen LogP contribution in [0.3, 0.4) is 0 Å². The molecule has 0 spiro atoms. The second-order valence-corrected chi connectivity index (χ2v) is 10.1. The quantitative estimate of drug-likeness (QED) is 0.427. The average molecular weight is 509 g/mol. The first-order chi connectivity index (χ1) is 17.7. The molecule has 12 heteroatoms. The lowest BCUT2D eigenvalue weighted by Crippen LogP contribution is -2.51. The molecule has 4 heterocycles. The summed E-state index contributed by atoms with van der Waals surface area (Å²) in [6, 6.07) is 7.09. The van der Waals surface area contributed by atoms with Crippen LogP contribution in [0.5, 0.6) is 0 Å². The fourth-order valence-electron chi connectivity index (χ4n) is 5.48. The Labute approximate surface area is 208 Å². The maximum absolute atomic E-state index is 13.3. The first-order valence-corrected chi connectivity index (χ1v) is 12.2. The van der Waals surface area contributed by atoms with E-state index in [-0.39, 0.29) is 24.3 Å². The van der Waals surface area contributed by atoms with E-state index in [4.69, 9.17) is 0 Å². The Kier molecular flexibility index (Phi) is 4.67. The molecule has 37 heavy (non-hydrogen) atoms. The number of halogens is 3. The highest BCUT2D eigenvalue weighted by atomic mass is 19.4. The van der Waals surface area contributed by atoms with E-state index < -0.39 is 30.6 Å². The van der Waals surface area contributed by atoms with E-state index in [1.165, 1.54) is 0 Å². The Morgan fingerprint density at radius 3 is 2.68 bits per heavy atom. The normalized spacial score (nSPS) is 23.9. The number of hydrogen-bond donors (Lipinski definition) is 2. The summed E-state index contributed by atoms with van der Waals surface area (Å²) in [6.07, 6.45) is 1.70. The van der Waals surface area contributed by atoms with Crippen LogP contribution >= 0.6 is 0 Å². The van der Waals surface area contributed by atoms with E-state index >= 15 is 0 Å². The minimum atomic E-state index is -4.36. The Hall–Kier alpha value is -3.96.